The zero-order valence-electron chi connectivity index (χ0n) is 7.68. The molecule has 0 unspecified atom stereocenters. The second-order valence-corrected chi connectivity index (χ2v) is 3.67. The molecule has 11 heavy (non-hydrogen) atoms. The van der Waals surface area contributed by atoms with Gasteiger partial charge in [-0.15, -0.1) is 17.0 Å². The van der Waals surface area contributed by atoms with E-state index in [2.05, 4.69) is 26.5 Å². The Morgan fingerprint density at radius 1 is 1.00 bits per heavy atom. The summed E-state index contributed by atoms with van der Waals surface area (Å²) in [6.07, 6.45) is 7.92. The summed E-state index contributed by atoms with van der Waals surface area (Å²) in [6.45, 7) is 4.47. The van der Waals surface area contributed by atoms with Gasteiger partial charge in [0.15, 0.2) is 0 Å². The van der Waals surface area contributed by atoms with Crippen LogP contribution in [0.25, 0.3) is 0 Å². The third-order valence-corrected chi connectivity index (χ3v) is 2.30. The van der Waals surface area contributed by atoms with Crippen LogP contribution in [-0.4, -0.2) is 5.25 Å². The van der Waals surface area contributed by atoms with Crippen molar-refractivity contribution in [2.45, 2.75) is 57.6 Å². The number of hydrogen-bond acceptors (Lipinski definition) is 1. The average Bonchev–Trinajstić information content (AvgIpc) is 1.97. The Balaban J connectivity index is 0. The fourth-order valence-electron chi connectivity index (χ4n) is 1.02. The first-order valence-electron chi connectivity index (χ1n) is 4.49. The molecule has 0 nitrogen and oxygen atoms in total. The zero-order valence-corrected chi connectivity index (χ0v) is 10.3. The highest BCUT2D eigenvalue weighted by Gasteiger charge is 1.99. The van der Waals surface area contributed by atoms with Crippen LogP contribution >= 0.6 is 29.6 Å². The fourth-order valence-corrected chi connectivity index (χ4v) is 1.39. The molecule has 2 heteroatoms. The van der Waals surface area contributed by atoms with Crippen LogP contribution in [-0.2, 0) is 0 Å². The van der Waals surface area contributed by atoms with Gasteiger partial charge in [-0.05, 0) is 12.8 Å². The van der Waals surface area contributed by atoms with Gasteiger partial charge < -0.3 is 0 Å². The van der Waals surface area contributed by atoms with E-state index < -0.39 is 0 Å². The molecule has 0 fully saturated rings. The molecule has 0 aliphatic carbocycles. The van der Waals surface area contributed by atoms with Gasteiger partial charge in [-0.1, -0.05) is 39.5 Å². The highest BCUT2D eigenvalue weighted by molar-refractivity contribution is 8.93. The van der Waals surface area contributed by atoms with Crippen molar-refractivity contribution in [1.82, 2.24) is 0 Å². The van der Waals surface area contributed by atoms with E-state index in [1.54, 1.807) is 0 Å². The van der Waals surface area contributed by atoms with Gasteiger partial charge in [0.25, 0.3) is 0 Å². The van der Waals surface area contributed by atoms with Crippen molar-refractivity contribution >= 4 is 29.6 Å². The Morgan fingerprint density at radius 2 is 1.36 bits per heavy atom. The fraction of sp³-hybridized carbons (Fsp3) is 1.00. The molecule has 0 bridgehead atoms. The van der Waals surface area contributed by atoms with Gasteiger partial charge in [0.05, 0.1) is 0 Å². The second-order valence-electron chi connectivity index (χ2n) is 2.94. The quantitative estimate of drug-likeness (QED) is 0.660. The smallest absolute Gasteiger partial charge is 0.00168 e. The molecule has 0 saturated heterocycles. The largest absolute Gasteiger partial charge is 0.176 e. The summed E-state index contributed by atoms with van der Waals surface area (Å²) >= 11 is 4.50. The van der Waals surface area contributed by atoms with Gasteiger partial charge in [-0.2, -0.15) is 12.6 Å². The summed E-state index contributed by atoms with van der Waals surface area (Å²) < 4.78 is 0. The van der Waals surface area contributed by atoms with Crippen molar-refractivity contribution in [2.24, 2.45) is 0 Å². The van der Waals surface area contributed by atoms with Crippen molar-refractivity contribution in [3.8, 4) is 0 Å². The Morgan fingerprint density at radius 3 is 1.64 bits per heavy atom. The van der Waals surface area contributed by atoms with Crippen LogP contribution in [0.15, 0.2) is 0 Å². The van der Waals surface area contributed by atoms with Crippen LogP contribution in [0.4, 0.5) is 0 Å². The summed E-state index contributed by atoms with van der Waals surface area (Å²) in [5, 5.41) is 0.667. The first-order valence-corrected chi connectivity index (χ1v) is 5.01. The van der Waals surface area contributed by atoms with E-state index in [1.165, 1.54) is 38.5 Å². The van der Waals surface area contributed by atoms with Crippen LogP contribution in [0.3, 0.4) is 0 Å². The van der Waals surface area contributed by atoms with Crippen molar-refractivity contribution in [3.63, 3.8) is 0 Å². The molecule has 0 aromatic heterocycles. The molecule has 0 N–H and O–H groups in total. The van der Waals surface area contributed by atoms with Gasteiger partial charge in [-0.25, -0.2) is 0 Å². The number of thiol groups is 1. The van der Waals surface area contributed by atoms with E-state index in [-0.39, 0.29) is 17.0 Å². The Kier molecular flexibility index (Phi) is 14.1. The van der Waals surface area contributed by atoms with Crippen molar-refractivity contribution in [1.29, 1.82) is 0 Å². The lowest BCUT2D eigenvalue weighted by molar-refractivity contribution is 0.618. The summed E-state index contributed by atoms with van der Waals surface area (Å²) in [4.78, 5) is 0. The molecule has 0 rings (SSSR count). The van der Waals surface area contributed by atoms with Gasteiger partial charge in [-0.3, -0.25) is 0 Å². The van der Waals surface area contributed by atoms with Crippen molar-refractivity contribution in [3.05, 3.63) is 0 Å². The van der Waals surface area contributed by atoms with Crippen LogP contribution in [0.5, 0.6) is 0 Å². The molecule has 0 aliphatic heterocycles. The van der Waals surface area contributed by atoms with Crippen molar-refractivity contribution < 1.29 is 0 Å². The van der Waals surface area contributed by atoms with E-state index >= 15 is 0 Å². The molecular formula is C9H21BrS. The first-order chi connectivity index (χ1) is 4.81. The number of hydrogen-bond donors (Lipinski definition) is 1. The number of unbranched alkanes of at least 4 members (excludes halogenated alkanes) is 2. The highest BCUT2D eigenvalue weighted by atomic mass is 79.9. The molecule has 0 amide bonds. The van der Waals surface area contributed by atoms with E-state index in [0.717, 1.165) is 0 Å². The molecular weight excluding hydrogens is 220 g/mol. The molecule has 0 spiro atoms. The zero-order chi connectivity index (χ0) is 7.82. The molecule has 0 aromatic carbocycles. The minimum Gasteiger partial charge on any atom is -0.176 e. The third kappa shape index (κ3) is 10.8. The Bertz CT molecular complexity index is 58.6. The number of halogens is 1. The minimum absolute atomic E-state index is 0. The maximum absolute atomic E-state index is 4.50. The molecule has 0 saturated carbocycles. The van der Waals surface area contributed by atoms with Gasteiger partial charge in [0.1, 0.15) is 0 Å². The predicted molar refractivity (Wildman–Crippen MR) is 62.1 cm³/mol. The highest BCUT2D eigenvalue weighted by Crippen LogP contribution is 2.13. The standard InChI is InChI=1S/C9H20S.BrH/c1-3-5-7-9(10)8-6-4-2;/h9-10H,3-8H2,1-2H3;1H. The van der Waals surface area contributed by atoms with E-state index in [9.17, 15) is 0 Å². The molecule has 0 atom stereocenters. The van der Waals surface area contributed by atoms with Gasteiger partial charge in [0, 0.05) is 5.25 Å². The molecule has 0 aliphatic rings. The lowest BCUT2D eigenvalue weighted by Crippen LogP contribution is -1.97. The first kappa shape index (κ1) is 14.4. The third-order valence-electron chi connectivity index (χ3n) is 1.78. The summed E-state index contributed by atoms with van der Waals surface area (Å²) in [5.41, 5.74) is 0. The van der Waals surface area contributed by atoms with E-state index in [4.69, 9.17) is 0 Å². The SMILES string of the molecule is Br.CCCCC(S)CCCC. The van der Waals surface area contributed by atoms with Crippen LogP contribution in [0.2, 0.25) is 0 Å². The molecule has 0 aromatic rings. The normalized spacial score (nSPS) is 9.82. The maximum atomic E-state index is 4.50. The lowest BCUT2D eigenvalue weighted by Gasteiger charge is -2.07. The van der Waals surface area contributed by atoms with Gasteiger partial charge >= 0.3 is 0 Å². The predicted octanol–water partition coefficient (Wildman–Crippen LogP) is 4.24. The van der Waals surface area contributed by atoms with Gasteiger partial charge in [0.2, 0.25) is 0 Å². The molecule has 70 valence electrons. The van der Waals surface area contributed by atoms with Crippen molar-refractivity contribution in [2.75, 3.05) is 0 Å². The second kappa shape index (κ2) is 10.8. The van der Waals surface area contributed by atoms with Crippen LogP contribution in [0, 0.1) is 0 Å². The summed E-state index contributed by atoms with van der Waals surface area (Å²) in [5.74, 6) is 0. The number of rotatable bonds is 6. The summed E-state index contributed by atoms with van der Waals surface area (Å²) in [6, 6.07) is 0. The molecule has 0 radical (unpaired) electrons. The lowest BCUT2D eigenvalue weighted by atomic mass is 10.1. The Labute approximate surface area is 87.3 Å². The molecule has 0 heterocycles. The monoisotopic (exact) mass is 240 g/mol. The average molecular weight is 241 g/mol. The topological polar surface area (TPSA) is 0 Å². The van der Waals surface area contributed by atoms with Crippen LogP contribution < -0.4 is 0 Å². The Hall–Kier alpha value is 0.830. The van der Waals surface area contributed by atoms with E-state index in [0.29, 0.717) is 5.25 Å². The summed E-state index contributed by atoms with van der Waals surface area (Å²) in [7, 11) is 0. The van der Waals surface area contributed by atoms with E-state index in [1.807, 2.05) is 0 Å². The minimum atomic E-state index is 0. The van der Waals surface area contributed by atoms with Crippen LogP contribution in [0.1, 0.15) is 52.4 Å². The maximum Gasteiger partial charge on any atom is 0.00168 e.